The molecule has 0 spiro atoms. The fourth-order valence-electron chi connectivity index (χ4n) is 3.57. The molecule has 2 atom stereocenters. The summed E-state index contributed by atoms with van der Waals surface area (Å²) in [5, 5.41) is 34.1. The Morgan fingerprint density at radius 2 is 1.86 bits per heavy atom. The maximum Gasteiger partial charge on any atom is 0.416 e. The highest BCUT2D eigenvalue weighted by molar-refractivity contribution is 5.72. The third-order valence-electron chi connectivity index (χ3n) is 5.17. The van der Waals surface area contributed by atoms with Crippen molar-refractivity contribution in [2.24, 2.45) is 0 Å². The summed E-state index contributed by atoms with van der Waals surface area (Å²) in [5.74, 6) is -0.0438. The second kappa shape index (κ2) is 7.21. The van der Waals surface area contributed by atoms with Gasteiger partial charge in [0.2, 0.25) is 0 Å². The van der Waals surface area contributed by atoms with Gasteiger partial charge < -0.3 is 20.3 Å². The second-order valence-corrected chi connectivity index (χ2v) is 7.50. The number of phenols is 1. The summed E-state index contributed by atoms with van der Waals surface area (Å²) in [6.45, 7) is 3.78. The molecule has 1 saturated heterocycles. The summed E-state index contributed by atoms with van der Waals surface area (Å²) < 4.78 is 38.3. The largest absolute Gasteiger partial charge is 0.631 e. The number of nitrogens with zero attached hydrogens (tertiary/aromatic N) is 3. The molecule has 0 amide bonds. The molecule has 28 heavy (non-hydrogen) atoms. The first-order valence-electron chi connectivity index (χ1n) is 9.07. The smallest absolute Gasteiger partial charge is 0.416 e. The quantitative estimate of drug-likeness (QED) is 0.595. The number of hydrogen-bond donors (Lipinski definition) is 2. The van der Waals surface area contributed by atoms with Crippen molar-refractivity contribution in [2.45, 2.75) is 45.5 Å². The minimum absolute atomic E-state index is 0.206. The average molecular weight is 396 g/mol. The van der Waals surface area contributed by atoms with Crippen molar-refractivity contribution < 1.29 is 22.9 Å². The van der Waals surface area contributed by atoms with E-state index in [2.05, 4.69) is 15.5 Å². The standard InChI is InChI=1S/C19H23F3N4O2/c1-11-8-13(19(20,21)22)10-15(27)17(11)14-9-12(2)18(25-24-14)23-16-6-4-5-7-26(16,3)28/h8-10,16,27H,4-7H2,1-3H3,(H,23,25). The van der Waals surface area contributed by atoms with E-state index >= 15 is 0 Å². The molecule has 2 unspecified atom stereocenters. The van der Waals surface area contributed by atoms with Gasteiger partial charge in [-0.1, -0.05) is 0 Å². The lowest BCUT2D eigenvalue weighted by Gasteiger charge is -2.48. The summed E-state index contributed by atoms with van der Waals surface area (Å²) in [6, 6.07) is 3.30. The number of benzene rings is 1. The molecule has 1 aliphatic rings. The SMILES string of the molecule is Cc1cc(-c2c(C)cc(C(F)(F)F)cc2O)nnc1NC1CCCC[N+]1(C)[O-]. The van der Waals surface area contributed by atoms with Crippen LogP contribution < -0.4 is 5.32 Å². The first-order chi connectivity index (χ1) is 13.0. The Kier molecular flexibility index (Phi) is 5.24. The van der Waals surface area contributed by atoms with Crippen molar-refractivity contribution in [1.82, 2.24) is 10.2 Å². The van der Waals surface area contributed by atoms with E-state index in [0.29, 0.717) is 24.0 Å². The third-order valence-corrected chi connectivity index (χ3v) is 5.17. The predicted octanol–water partition coefficient (Wildman–Crippen LogP) is 4.35. The normalized spacial score (nSPS) is 22.9. The van der Waals surface area contributed by atoms with Crippen molar-refractivity contribution in [3.63, 3.8) is 0 Å². The minimum atomic E-state index is -4.54. The van der Waals surface area contributed by atoms with Crippen molar-refractivity contribution >= 4 is 5.82 Å². The number of aromatic hydroxyl groups is 1. The minimum Gasteiger partial charge on any atom is -0.631 e. The van der Waals surface area contributed by atoms with Crippen LogP contribution in [0.4, 0.5) is 19.0 Å². The zero-order valence-electron chi connectivity index (χ0n) is 16.0. The molecule has 9 heteroatoms. The number of nitrogens with one attached hydrogen (secondary N) is 1. The van der Waals surface area contributed by atoms with Crippen molar-refractivity contribution in [1.29, 1.82) is 0 Å². The number of quaternary nitrogens is 1. The summed E-state index contributed by atoms with van der Waals surface area (Å²) in [5.41, 5.74) is 0.498. The Labute approximate surface area is 161 Å². The second-order valence-electron chi connectivity index (χ2n) is 7.50. The van der Waals surface area contributed by atoms with Gasteiger partial charge >= 0.3 is 6.18 Å². The highest BCUT2D eigenvalue weighted by Crippen LogP contribution is 2.38. The van der Waals surface area contributed by atoms with E-state index in [4.69, 9.17) is 0 Å². The number of phenolic OH excluding ortho intramolecular Hbond substituents is 1. The molecule has 152 valence electrons. The van der Waals surface area contributed by atoms with Crippen LogP contribution in [0.3, 0.4) is 0 Å². The Bertz CT molecular complexity index is 861. The molecule has 2 N–H and O–H groups in total. The van der Waals surface area contributed by atoms with Gasteiger partial charge in [0, 0.05) is 12.0 Å². The highest BCUT2D eigenvalue weighted by Gasteiger charge is 2.32. The molecule has 6 nitrogen and oxygen atoms in total. The van der Waals surface area contributed by atoms with Crippen LogP contribution in [0.2, 0.25) is 0 Å². The fourth-order valence-corrected chi connectivity index (χ4v) is 3.57. The van der Waals surface area contributed by atoms with Crippen LogP contribution in [0.25, 0.3) is 11.3 Å². The van der Waals surface area contributed by atoms with Crippen LogP contribution >= 0.6 is 0 Å². The van der Waals surface area contributed by atoms with E-state index in [9.17, 15) is 23.5 Å². The zero-order chi connectivity index (χ0) is 20.7. The van der Waals surface area contributed by atoms with Gasteiger partial charge in [-0.3, -0.25) is 0 Å². The number of rotatable bonds is 3. The fraction of sp³-hybridized carbons (Fsp3) is 0.474. The molecule has 3 rings (SSSR count). The number of alkyl halides is 3. The van der Waals surface area contributed by atoms with E-state index in [-0.39, 0.29) is 23.0 Å². The summed E-state index contributed by atoms with van der Waals surface area (Å²) in [4.78, 5) is 0. The van der Waals surface area contributed by atoms with Gasteiger partial charge in [-0.15, -0.1) is 10.2 Å². The van der Waals surface area contributed by atoms with Crippen LogP contribution in [0.1, 0.15) is 36.0 Å². The zero-order valence-corrected chi connectivity index (χ0v) is 16.0. The van der Waals surface area contributed by atoms with E-state index in [1.54, 1.807) is 20.0 Å². The molecule has 0 saturated carbocycles. The molecular formula is C19H23F3N4O2. The molecule has 2 heterocycles. The lowest BCUT2D eigenvalue weighted by atomic mass is 10.00. The maximum absolute atomic E-state index is 12.9. The molecule has 1 aliphatic heterocycles. The lowest BCUT2D eigenvalue weighted by Crippen LogP contribution is -2.54. The molecule has 2 aromatic rings. The van der Waals surface area contributed by atoms with Gasteiger partial charge in [-0.2, -0.15) is 13.2 Å². The Morgan fingerprint density at radius 1 is 1.14 bits per heavy atom. The average Bonchev–Trinajstić information content (AvgIpc) is 2.57. The molecule has 0 bridgehead atoms. The molecular weight excluding hydrogens is 373 g/mol. The number of hydrogen-bond acceptors (Lipinski definition) is 5. The first kappa shape index (κ1) is 20.3. The van der Waals surface area contributed by atoms with E-state index in [0.717, 1.165) is 25.3 Å². The van der Waals surface area contributed by atoms with Gasteiger partial charge in [-0.25, -0.2) is 0 Å². The molecule has 1 aromatic heterocycles. The Morgan fingerprint density at radius 3 is 2.43 bits per heavy atom. The molecule has 1 aromatic carbocycles. The van der Waals surface area contributed by atoms with Gasteiger partial charge in [0.05, 0.1) is 24.8 Å². The number of halogens is 3. The van der Waals surface area contributed by atoms with Crippen molar-refractivity contribution in [2.75, 3.05) is 18.9 Å². The van der Waals surface area contributed by atoms with Crippen LogP contribution in [0.15, 0.2) is 18.2 Å². The topological polar surface area (TPSA) is 81.1 Å². The summed E-state index contributed by atoms with van der Waals surface area (Å²) in [6.07, 6.45) is -2.31. The number of likely N-dealkylation sites (tertiary alicyclic amines) is 1. The number of piperidine rings is 1. The van der Waals surface area contributed by atoms with Crippen molar-refractivity contribution in [3.05, 3.63) is 40.1 Å². The van der Waals surface area contributed by atoms with Gasteiger partial charge in [0.1, 0.15) is 5.75 Å². The van der Waals surface area contributed by atoms with E-state index in [1.165, 1.54) is 6.92 Å². The van der Waals surface area contributed by atoms with Gasteiger partial charge in [0.15, 0.2) is 12.0 Å². The predicted molar refractivity (Wildman–Crippen MR) is 99.3 cm³/mol. The van der Waals surface area contributed by atoms with Crippen LogP contribution in [-0.2, 0) is 6.18 Å². The number of hydroxylamine groups is 3. The molecule has 0 aliphatic carbocycles. The van der Waals surface area contributed by atoms with E-state index < -0.39 is 22.1 Å². The summed E-state index contributed by atoms with van der Waals surface area (Å²) >= 11 is 0. The summed E-state index contributed by atoms with van der Waals surface area (Å²) in [7, 11) is 1.62. The van der Waals surface area contributed by atoms with Gasteiger partial charge in [0.25, 0.3) is 0 Å². The maximum atomic E-state index is 12.9. The molecule has 0 radical (unpaired) electrons. The first-order valence-corrected chi connectivity index (χ1v) is 9.07. The van der Waals surface area contributed by atoms with E-state index in [1.807, 2.05) is 0 Å². The lowest BCUT2D eigenvalue weighted by molar-refractivity contribution is -0.887. The molecule has 1 fully saturated rings. The number of anilines is 1. The highest BCUT2D eigenvalue weighted by atomic mass is 19.4. The number of aromatic nitrogens is 2. The van der Waals surface area contributed by atoms with Gasteiger partial charge in [-0.05, 0) is 56.0 Å². The third kappa shape index (κ3) is 4.05. The van der Waals surface area contributed by atoms with Crippen LogP contribution in [0.5, 0.6) is 5.75 Å². The number of aryl methyl sites for hydroxylation is 2. The van der Waals surface area contributed by atoms with Crippen molar-refractivity contribution in [3.8, 4) is 17.0 Å². The monoisotopic (exact) mass is 396 g/mol. The Balaban J connectivity index is 1.91. The Hall–Kier alpha value is -2.39. The van der Waals surface area contributed by atoms with Crippen LogP contribution in [0, 0.1) is 19.1 Å². The van der Waals surface area contributed by atoms with Crippen LogP contribution in [-0.4, -0.2) is 39.7 Å².